The van der Waals surface area contributed by atoms with E-state index in [-0.39, 0.29) is 25.1 Å². The lowest BCUT2D eigenvalue weighted by molar-refractivity contribution is -0.140. The Labute approximate surface area is 214 Å². The van der Waals surface area contributed by atoms with Gasteiger partial charge in [0.25, 0.3) is 0 Å². The van der Waals surface area contributed by atoms with E-state index in [4.69, 9.17) is 15.2 Å². The highest BCUT2D eigenvalue weighted by molar-refractivity contribution is 5.75. The van der Waals surface area contributed by atoms with E-state index in [0.29, 0.717) is 43.0 Å². The lowest BCUT2D eigenvalue weighted by Crippen LogP contribution is -2.29. The number of alkyl halides is 3. The number of hydrogen-bond donors (Lipinski definition) is 2. The Morgan fingerprint density at radius 2 is 2.05 bits per heavy atom. The summed E-state index contributed by atoms with van der Waals surface area (Å²) in [7, 11) is 2.90. The highest BCUT2D eigenvalue weighted by Gasteiger charge is 2.40. The van der Waals surface area contributed by atoms with Crippen LogP contribution in [0, 0.1) is 5.82 Å². The van der Waals surface area contributed by atoms with E-state index in [0.717, 1.165) is 23.4 Å². The molecule has 0 spiro atoms. The van der Waals surface area contributed by atoms with Crippen molar-refractivity contribution in [1.29, 1.82) is 0 Å². The number of hydrogen-bond acceptors (Lipinski definition) is 8. The van der Waals surface area contributed by atoms with Gasteiger partial charge in [-0.15, -0.1) is 0 Å². The van der Waals surface area contributed by atoms with Gasteiger partial charge in [-0.05, 0) is 25.0 Å². The van der Waals surface area contributed by atoms with E-state index in [1.165, 1.54) is 18.8 Å². The molecule has 3 aromatic rings. The number of ether oxygens (including phenoxy) is 2. The Balaban J connectivity index is 1.52. The number of carbonyl (C=O) groups excluding carboxylic acids is 1. The molecular weight excluding hydrogens is 510 g/mol. The molecule has 2 aliphatic heterocycles. The first-order chi connectivity index (χ1) is 18.1. The number of benzene rings is 1. The summed E-state index contributed by atoms with van der Waals surface area (Å²) in [6, 6.07) is 1.31. The number of nitrogens with zero attached hydrogens (tertiary/aromatic N) is 5. The third-order valence-corrected chi connectivity index (χ3v) is 6.68. The van der Waals surface area contributed by atoms with E-state index >= 15 is 0 Å². The predicted octanol–water partition coefficient (Wildman–Crippen LogP) is 3.38. The standard InChI is InChI=1S/C24H25F4N7O3/c1-30-23(36)35-10-12-9-34(7-3-4-16(12)33-35)21-13-11-38-18(8-17(13)31-22(32-21)37-2)19-14(24(26,27)28)5-6-15(29)20(19)25/h5-6,10,18H,3-4,7-9,11,29H2,1-2H3,(H,30,36). The topological polar surface area (TPSA) is 120 Å². The average molecular weight is 536 g/mol. The summed E-state index contributed by atoms with van der Waals surface area (Å²) in [4.78, 5) is 22.9. The van der Waals surface area contributed by atoms with Gasteiger partial charge in [0, 0.05) is 49.4 Å². The third kappa shape index (κ3) is 4.59. The van der Waals surface area contributed by atoms with Crippen molar-refractivity contribution in [2.75, 3.05) is 31.3 Å². The molecule has 0 fully saturated rings. The maximum absolute atomic E-state index is 14.9. The Hall–Kier alpha value is -3.94. The van der Waals surface area contributed by atoms with Crippen molar-refractivity contribution in [3.63, 3.8) is 0 Å². The number of nitrogens with two attached hydrogens (primary N) is 1. The maximum atomic E-state index is 14.9. The zero-order valence-corrected chi connectivity index (χ0v) is 20.6. The molecule has 1 atom stereocenters. The van der Waals surface area contributed by atoms with Crippen molar-refractivity contribution >= 4 is 17.5 Å². The second-order valence-electron chi connectivity index (χ2n) is 9.02. The van der Waals surface area contributed by atoms with Crippen molar-refractivity contribution in [3.05, 3.63) is 57.8 Å². The Kier molecular flexibility index (Phi) is 6.59. The van der Waals surface area contributed by atoms with Gasteiger partial charge < -0.3 is 25.4 Å². The molecule has 1 aromatic carbocycles. The van der Waals surface area contributed by atoms with Crippen LogP contribution in [0.15, 0.2) is 18.3 Å². The highest BCUT2D eigenvalue weighted by Crippen LogP contribution is 2.43. The molecule has 1 unspecified atom stereocenters. The molecule has 0 saturated carbocycles. The van der Waals surface area contributed by atoms with Gasteiger partial charge >= 0.3 is 18.2 Å². The molecule has 0 aliphatic carbocycles. The first kappa shape index (κ1) is 25.7. The van der Waals surface area contributed by atoms with E-state index in [1.54, 1.807) is 6.20 Å². The fourth-order valence-corrected chi connectivity index (χ4v) is 4.85. The summed E-state index contributed by atoms with van der Waals surface area (Å²) in [6.07, 6.45) is -3.19. The molecule has 202 valence electrons. The monoisotopic (exact) mass is 535 g/mol. The molecule has 0 radical (unpaired) electrons. The van der Waals surface area contributed by atoms with Gasteiger partial charge in [0.1, 0.15) is 5.82 Å². The summed E-state index contributed by atoms with van der Waals surface area (Å²) < 4.78 is 68.4. The van der Waals surface area contributed by atoms with Gasteiger partial charge in [-0.25, -0.2) is 9.18 Å². The number of halogens is 4. The first-order valence-corrected chi connectivity index (χ1v) is 11.9. The summed E-state index contributed by atoms with van der Waals surface area (Å²) in [6.45, 7) is 0.824. The van der Waals surface area contributed by atoms with Gasteiger partial charge in [-0.2, -0.15) is 32.9 Å². The van der Waals surface area contributed by atoms with Gasteiger partial charge in [0.2, 0.25) is 0 Å². The number of nitrogens with one attached hydrogen (secondary N) is 1. The number of rotatable bonds is 3. The van der Waals surface area contributed by atoms with Crippen LogP contribution in [0.1, 0.15) is 46.2 Å². The maximum Gasteiger partial charge on any atom is 0.416 e. The van der Waals surface area contributed by atoms with Crippen LogP contribution in [0.5, 0.6) is 6.01 Å². The molecule has 38 heavy (non-hydrogen) atoms. The van der Waals surface area contributed by atoms with Crippen LogP contribution in [0.25, 0.3) is 0 Å². The van der Waals surface area contributed by atoms with E-state index in [9.17, 15) is 22.4 Å². The van der Waals surface area contributed by atoms with Crippen molar-refractivity contribution < 1.29 is 31.8 Å². The second kappa shape index (κ2) is 9.74. The van der Waals surface area contributed by atoms with E-state index in [2.05, 4.69) is 20.4 Å². The van der Waals surface area contributed by atoms with E-state index in [1.807, 2.05) is 4.90 Å². The smallest absolute Gasteiger partial charge is 0.416 e. The van der Waals surface area contributed by atoms with Gasteiger partial charge in [-0.1, -0.05) is 0 Å². The minimum atomic E-state index is -4.80. The van der Waals surface area contributed by atoms with Gasteiger partial charge in [-0.3, -0.25) is 0 Å². The number of aromatic nitrogens is 4. The molecule has 3 N–H and O–H groups in total. The number of amides is 1. The molecule has 1 amide bonds. The zero-order valence-electron chi connectivity index (χ0n) is 20.6. The molecule has 2 aliphatic rings. The molecule has 10 nitrogen and oxygen atoms in total. The molecule has 2 aromatic heterocycles. The molecular formula is C24H25F4N7O3. The normalized spacial score (nSPS) is 17.4. The fraction of sp³-hybridized carbons (Fsp3) is 0.417. The first-order valence-electron chi connectivity index (χ1n) is 11.9. The summed E-state index contributed by atoms with van der Waals surface area (Å²) in [5.41, 5.74) is 6.00. The van der Waals surface area contributed by atoms with Crippen LogP contribution in [0.4, 0.5) is 33.9 Å². The predicted molar refractivity (Wildman–Crippen MR) is 127 cm³/mol. The quantitative estimate of drug-likeness (QED) is 0.387. The highest BCUT2D eigenvalue weighted by atomic mass is 19.4. The number of carbonyl (C=O) groups is 1. The summed E-state index contributed by atoms with van der Waals surface area (Å²) in [5, 5.41) is 6.91. The largest absolute Gasteiger partial charge is 0.467 e. The third-order valence-electron chi connectivity index (χ3n) is 6.68. The van der Waals surface area contributed by atoms with Crippen molar-refractivity contribution in [2.24, 2.45) is 0 Å². The number of anilines is 2. The van der Waals surface area contributed by atoms with Crippen LogP contribution in [-0.2, 0) is 36.9 Å². The summed E-state index contributed by atoms with van der Waals surface area (Å²) in [5.74, 6) is -0.669. The van der Waals surface area contributed by atoms with Gasteiger partial charge in [0.05, 0.1) is 42.5 Å². The average Bonchev–Trinajstić information content (AvgIpc) is 3.19. The van der Waals surface area contributed by atoms with Crippen LogP contribution in [0.3, 0.4) is 0 Å². The number of fused-ring (bicyclic) bond motifs is 2. The number of aryl methyl sites for hydroxylation is 1. The fourth-order valence-electron chi connectivity index (χ4n) is 4.85. The van der Waals surface area contributed by atoms with E-state index < -0.39 is 34.9 Å². The van der Waals surface area contributed by atoms with Crippen LogP contribution >= 0.6 is 0 Å². The Morgan fingerprint density at radius 3 is 2.76 bits per heavy atom. The van der Waals surface area contributed by atoms with Crippen LogP contribution in [-0.4, -0.2) is 46.5 Å². The molecule has 0 bridgehead atoms. The number of methoxy groups -OCH3 is 1. The molecule has 14 heteroatoms. The van der Waals surface area contributed by atoms with Crippen LogP contribution in [0.2, 0.25) is 0 Å². The van der Waals surface area contributed by atoms with Crippen LogP contribution < -0.4 is 20.7 Å². The second-order valence-corrected chi connectivity index (χ2v) is 9.02. The van der Waals surface area contributed by atoms with Crippen molar-refractivity contribution in [1.82, 2.24) is 25.1 Å². The van der Waals surface area contributed by atoms with Crippen molar-refractivity contribution in [3.8, 4) is 6.01 Å². The number of nitrogen functional groups attached to an aromatic ring is 1. The zero-order chi connectivity index (χ0) is 27.2. The lowest BCUT2D eigenvalue weighted by Gasteiger charge is -2.31. The molecule has 4 heterocycles. The molecule has 0 saturated heterocycles. The van der Waals surface area contributed by atoms with Crippen molar-refractivity contribution in [2.45, 2.75) is 44.7 Å². The molecule has 5 rings (SSSR count). The summed E-state index contributed by atoms with van der Waals surface area (Å²) >= 11 is 0. The minimum absolute atomic E-state index is 0.0222. The SMILES string of the molecule is CNC(=O)n1cc2c(n1)CCCN(c1nc(OC)nc3c1COC(c1c(C(F)(F)F)ccc(N)c1F)C3)C2. The lowest BCUT2D eigenvalue weighted by atomic mass is 9.94. The minimum Gasteiger partial charge on any atom is -0.467 e. The Bertz CT molecular complexity index is 1390. The Morgan fingerprint density at radius 1 is 1.26 bits per heavy atom. The van der Waals surface area contributed by atoms with Gasteiger partial charge in [0.15, 0.2) is 5.82 Å².